The molecular formula is C11H16FN3S. The Labute approximate surface area is 100 Å². The maximum Gasteiger partial charge on any atom is 0.135 e. The molecule has 3 nitrogen and oxygen atoms in total. The minimum atomic E-state index is -0.387. The molecule has 0 aliphatic carbocycles. The van der Waals surface area contributed by atoms with Crippen molar-refractivity contribution in [1.29, 1.82) is 0 Å². The van der Waals surface area contributed by atoms with Crippen LogP contribution in [0.5, 0.6) is 0 Å². The van der Waals surface area contributed by atoms with Crippen molar-refractivity contribution in [2.24, 2.45) is 5.73 Å². The lowest BCUT2D eigenvalue weighted by molar-refractivity contribution is 0.425. The Hall–Kier alpha value is -1.20. The van der Waals surface area contributed by atoms with Crippen LogP contribution >= 0.6 is 12.2 Å². The summed E-state index contributed by atoms with van der Waals surface area (Å²) in [5.41, 5.74) is 6.39. The van der Waals surface area contributed by atoms with Crippen LogP contribution in [-0.2, 0) is 0 Å². The van der Waals surface area contributed by atoms with Gasteiger partial charge in [0.15, 0.2) is 0 Å². The van der Waals surface area contributed by atoms with Crippen LogP contribution in [0, 0.1) is 5.82 Å². The van der Waals surface area contributed by atoms with Gasteiger partial charge in [0.25, 0.3) is 0 Å². The van der Waals surface area contributed by atoms with Crippen molar-refractivity contribution in [3.8, 4) is 0 Å². The number of benzene rings is 1. The van der Waals surface area contributed by atoms with Gasteiger partial charge in [-0.3, -0.25) is 0 Å². The molecule has 0 spiro atoms. The minimum absolute atomic E-state index is 0.0809. The zero-order chi connectivity index (χ0) is 12.1. The number of hydrogen-bond donors (Lipinski definition) is 2. The second-order valence-electron chi connectivity index (χ2n) is 3.79. The van der Waals surface area contributed by atoms with Crippen molar-refractivity contribution in [1.82, 2.24) is 4.90 Å². The molecule has 0 saturated carbocycles. The van der Waals surface area contributed by atoms with E-state index in [2.05, 4.69) is 5.32 Å². The zero-order valence-corrected chi connectivity index (χ0v) is 10.3. The fourth-order valence-corrected chi connectivity index (χ4v) is 1.41. The molecule has 0 aliphatic rings. The Bertz CT molecular complexity index is 379. The van der Waals surface area contributed by atoms with E-state index < -0.39 is 0 Å². The average molecular weight is 241 g/mol. The molecule has 0 aromatic heterocycles. The first-order valence-corrected chi connectivity index (χ1v) is 5.39. The van der Waals surface area contributed by atoms with Gasteiger partial charge in [0, 0.05) is 24.3 Å². The maximum atomic E-state index is 13.5. The summed E-state index contributed by atoms with van der Waals surface area (Å²) in [5, 5.41) is 3.12. The largest absolute Gasteiger partial charge is 0.389 e. The molecule has 0 unspecified atom stereocenters. The maximum absolute atomic E-state index is 13.5. The van der Waals surface area contributed by atoms with Crippen LogP contribution in [0.25, 0.3) is 0 Å². The smallest absolute Gasteiger partial charge is 0.135 e. The van der Waals surface area contributed by atoms with Gasteiger partial charge in [-0.1, -0.05) is 12.2 Å². The SMILES string of the molecule is CN(C)CCNc1ccc(C(N)=S)c(F)c1. The molecular weight excluding hydrogens is 225 g/mol. The topological polar surface area (TPSA) is 41.3 Å². The van der Waals surface area contributed by atoms with Crippen LogP contribution in [0.4, 0.5) is 10.1 Å². The van der Waals surface area contributed by atoms with E-state index in [1.54, 1.807) is 12.1 Å². The number of thiocarbonyl (C=S) groups is 1. The van der Waals surface area contributed by atoms with Gasteiger partial charge in [-0.25, -0.2) is 4.39 Å². The normalized spacial score (nSPS) is 10.5. The van der Waals surface area contributed by atoms with Crippen LogP contribution in [-0.4, -0.2) is 37.1 Å². The van der Waals surface area contributed by atoms with E-state index in [1.807, 2.05) is 19.0 Å². The summed E-state index contributed by atoms with van der Waals surface area (Å²) in [6.07, 6.45) is 0. The number of anilines is 1. The predicted octanol–water partition coefficient (Wildman–Crippen LogP) is 1.43. The summed E-state index contributed by atoms with van der Waals surface area (Å²) in [4.78, 5) is 2.13. The molecule has 0 heterocycles. The van der Waals surface area contributed by atoms with Crippen LogP contribution < -0.4 is 11.1 Å². The van der Waals surface area contributed by atoms with Crippen molar-refractivity contribution in [2.75, 3.05) is 32.5 Å². The standard InChI is InChI=1S/C11H16FN3S/c1-15(2)6-5-14-8-3-4-9(11(13)16)10(12)7-8/h3-4,7,14H,5-6H2,1-2H3,(H2,13,16). The second kappa shape index (κ2) is 5.77. The summed E-state index contributed by atoms with van der Waals surface area (Å²) in [7, 11) is 3.97. The number of nitrogens with zero attached hydrogens (tertiary/aromatic N) is 1. The van der Waals surface area contributed by atoms with Crippen molar-refractivity contribution < 1.29 is 4.39 Å². The summed E-state index contributed by atoms with van der Waals surface area (Å²) in [6.45, 7) is 1.65. The third-order valence-electron chi connectivity index (χ3n) is 2.12. The predicted molar refractivity (Wildman–Crippen MR) is 69.3 cm³/mol. The quantitative estimate of drug-likeness (QED) is 0.765. The van der Waals surface area contributed by atoms with E-state index in [-0.39, 0.29) is 16.4 Å². The van der Waals surface area contributed by atoms with Crippen molar-refractivity contribution >= 4 is 22.9 Å². The number of likely N-dealkylation sites (N-methyl/N-ethyl adjacent to an activating group) is 1. The molecule has 0 bridgehead atoms. The van der Waals surface area contributed by atoms with Crippen molar-refractivity contribution in [3.05, 3.63) is 29.6 Å². The second-order valence-corrected chi connectivity index (χ2v) is 4.23. The molecule has 16 heavy (non-hydrogen) atoms. The van der Waals surface area contributed by atoms with Gasteiger partial charge in [0.05, 0.1) is 0 Å². The molecule has 1 aromatic rings. The molecule has 5 heteroatoms. The number of hydrogen-bond acceptors (Lipinski definition) is 3. The molecule has 3 N–H and O–H groups in total. The van der Waals surface area contributed by atoms with Crippen LogP contribution in [0.1, 0.15) is 5.56 Å². The van der Waals surface area contributed by atoms with Crippen LogP contribution in [0.3, 0.4) is 0 Å². The van der Waals surface area contributed by atoms with Gasteiger partial charge in [-0.2, -0.15) is 0 Å². The number of nitrogens with one attached hydrogen (secondary N) is 1. The number of halogens is 1. The Morgan fingerprint density at radius 3 is 2.69 bits per heavy atom. The molecule has 1 aromatic carbocycles. The Morgan fingerprint density at radius 2 is 2.19 bits per heavy atom. The van der Waals surface area contributed by atoms with E-state index in [9.17, 15) is 4.39 Å². The monoisotopic (exact) mass is 241 g/mol. The van der Waals surface area contributed by atoms with Gasteiger partial charge in [0.2, 0.25) is 0 Å². The molecule has 0 amide bonds. The summed E-state index contributed by atoms with van der Waals surface area (Å²) >= 11 is 4.73. The van der Waals surface area contributed by atoms with E-state index in [0.29, 0.717) is 0 Å². The molecule has 0 atom stereocenters. The van der Waals surface area contributed by atoms with Gasteiger partial charge in [-0.15, -0.1) is 0 Å². The Balaban J connectivity index is 2.63. The molecule has 0 fully saturated rings. The highest BCUT2D eigenvalue weighted by molar-refractivity contribution is 7.80. The van der Waals surface area contributed by atoms with Crippen LogP contribution in [0.15, 0.2) is 18.2 Å². The summed E-state index contributed by atoms with van der Waals surface area (Å²) in [6, 6.07) is 4.77. The molecule has 0 aliphatic heterocycles. The lowest BCUT2D eigenvalue weighted by Gasteiger charge is -2.12. The van der Waals surface area contributed by atoms with Gasteiger partial charge in [0.1, 0.15) is 10.8 Å². The Morgan fingerprint density at radius 1 is 1.50 bits per heavy atom. The lowest BCUT2D eigenvalue weighted by atomic mass is 10.2. The van der Waals surface area contributed by atoms with E-state index in [1.165, 1.54) is 6.07 Å². The Kier molecular flexibility index (Phi) is 4.64. The van der Waals surface area contributed by atoms with E-state index >= 15 is 0 Å². The summed E-state index contributed by atoms with van der Waals surface area (Å²) < 4.78 is 13.5. The average Bonchev–Trinajstić information content (AvgIpc) is 2.16. The van der Waals surface area contributed by atoms with E-state index in [0.717, 1.165) is 18.8 Å². The third kappa shape index (κ3) is 3.75. The first-order valence-electron chi connectivity index (χ1n) is 4.98. The molecule has 0 saturated heterocycles. The van der Waals surface area contributed by atoms with Crippen molar-refractivity contribution in [2.45, 2.75) is 0 Å². The highest BCUT2D eigenvalue weighted by Crippen LogP contribution is 2.14. The molecule has 0 radical (unpaired) electrons. The fourth-order valence-electron chi connectivity index (χ4n) is 1.25. The number of rotatable bonds is 5. The molecule has 1 rings (SSSR count). The fraction of sp³-hybridized carbons (Fsp3) is 0.364. The van der Waals surface area contributed by atoms with Gasteiger partial charge < -0.3 is 16.0 Å². The third-order valence-corrected chi connectivity index (χ3v) is 2.34. The van der Waals surface area contributed by atoms with Crippen LogP contribution in [0.2, 0.25) is 0 Å². The highest BCUT2D eigenvalue weighted by Gasteiger charge is 2.05. The lowest BCUT2D eigenvalue weighted by Crippen LogP contribution is -2.21. The number of nitrogens with two attached hydrogens (primary N) is 1. The minimum Gasteiger partial charge on any atom is -0.389 e. The van der Waals surface area contributed by atoms with Gasteiger partial charge >= 0.3 is 0 Å². The van der Waals surface area contributed by atoms with Gasteiger partial charge in [-0.05, 0) is 32.3 Å². The molecule has 88 valence electrons. The zero-order valence-electron chi connectivity index (χ0n) is 9.46. The first kappa shape index (κ1) is 12.9. The highest BCUT2D eigenvalue weighted by atomic mass is 32.1. The van der Waals surface area contributed by atoms with E-state index in [4.69, 9.17) is 18.0 Å². The van der Waals surface area contributed by atoms with Crippen molar-refractivity contribution in [3.63, 3.8) is 0 Å². The first-order chi connectivity index (χ1) is 7.50. The summed E-state index contributed by atoms with van der Waals surface area (Å²) in [5.74, 6) is -0.387.